The van der Waals surface area contributed by atoms with E-state index in [-0.39, 0.29) is 29.0 Å². The van der Waals surface area contributed by atoms with E-state index in [9.17, 15) is 8.78 Å². The number of nitrogen functional groups attached to an aromatic ring is 1. The summed E-state index contributed by atoms with van der Waals surface area (Å²) in [4.78, 5) is 0. The number of benzene rings is 2. The van der Waals surface area contributed by atoms with Gasteiger partial charge in [-0.1, -0.05) is 12.1 Å². The van der Waals surface area contributed by atoms with Gasteiger partial charge in [0.1, 0.15) is 0 Å². The van der Waals surface area contributed by atoms with E-state index >= 15 is 0 Å². The van der Waals surface area contributed by atoms with Crippen molar-refractivity contribution in [1.82, 2.24) is 0 Å². The fraction of sp³-hybridized carbons (Fsp3) is 0.250. The van der Waals surface area contributed by atoms with Crippen LogP contribution in [0, 0.1) is 18.6 Å². The summed E-state index contributed by atoms with van der Waals surface area (Å²) in [6.45, 7) is 5.18. The van der Waals surface area contributed by atoms with Crippen LogP contribution in [0.1, 0.15) is 19.4 Å². The number of hydrogen-bond acceptors (Lipinski definition) is 3. The molecule has 0 atom stereocenters. The van der Waals surface area contributed by atoms with Gasteiger partial charge in [-0.25, -0.2) is 8.78 Å². The molecule has 5 heteroatoms. The highest BCUT2D eigenvalue weighted by molar-refractivity contribution is 5.57. The Bertz CT molecular complexity index is 657. The van der Waals surface area contributed by atoms with Gasteiger partial charge in [0.25, 0.3) is 0 Å². The molecule has 0 saturated heterocycles. The molecule has 2 N–H and O–H groups in total. The van der Waals surface area contributed by atoms with E-state index in [1.54, 1.807) is 32.9 Å². The number of aryl methyl sites for hydroxylation is 1. The topological polar surface area (TPSA) is 44.5 Å². The maximum Gasteiger partial charge on any atom is 0.168 e. The first-order valence-electron chi connectivity index (χ1n) is 6.57. The van der Waals surface area contributed by atoms with Gasteiger partial charge in [-0.15, -0.1) is 0 Å². The molecule has 0 bridgehead atoms. The number of rotatable bonds is 4. The van der Waals surface area contributed by atoms with Crippen molar-refractivity contribution in [2.45, 2.75) is 26.9 Å². The fourth-order valence-corrected chi connectivity index (χ4v) is 1.80. The SMILES string of the molecule is Cc1cccc(Oc2cc(OC(C)C)c(F)cc2N)c1F. The van der Waals surface area contributed by atoms with Crippen molar-refractivity contribution < 1.29 is 18.3 Å². The standard InChI is InChI=1S/C16H17F2NO2/c1-9(2)20-14-8-15(12(19)7-11(14)17)21-13-6-4-5-10(3)16(13)18/h4-9H,19H2,1-3H3. The minimum atomic E-state index is -0.585. The van der Waals surface area contributed by atoms with Gasteiger partial charge in [-0.3, -0.25) is 0 Å². The van der Waals surface area contributed by atoms with Gasteiger partial charge in [-0.05, 0) is 32.4 Å². The van der Waals surface area contributed by atoms with Crippen molar-refractivity contribution in [1.29, 1.82) is 0 Å². The summed E-state index contributed by atoms with van der Waals surface area (Å²) in [5, 5.41) is 0. The molecular weight excluding hydrogens is 276 g/mol. The fourth-order valence-electron chi connectivity index (χ4n) is 1.80. The molecule has 0 unspecified atom stereocenters. The van der Waals surface area contributed by atoms with Crippen LogP contribution in [-0.2, 0) is 0 Å². The lowest BCUT2D eigenvalue weighted by atomic mass is 10.2. The highest BCUT2D eigenvalue weighted by Crippen LogP contribution is 2.35. The summed E-state index contributed by atoms with van der Waals surface area (Å²) >= 11 is 0. The molecule has 3 nitrogen and oxygen atoms in total. The normalized spacial score (nSPS) is 10.8. The third-order valence-corrected chi connectivity index (χ3v) is 2.80. The molecule has 0 saturated carbocycles. The van der Waals surface area contributed by atoms with E-state index in [4.69, 9.17) is 15.2 Å². The predicted octanol–water partition coefficient (Wildman–Crippen LogP) is 4.43. The van der Waals surface area contributed by atoms with Gasteiger partial charge >= 0.3 is 0 Å². The molecule has 2 aromatic rings. The molecular formula is C16H17F2NO2. The summed E-state index contributed by atoms with van der Waals surface area (Å²) < 4.78 is 38.5. The van der Waals surface area contributed by atoms with E-state index in [0.29, 0.717) is 5.56 Å². The molecule has 0 aromatic heterocycles. The second-order valence-electron chi connectivity index (χ2n) is 4.98. The predicted molar refractivity (Wildman–Crippen MR) is 77.8 cm³/mol. The quantitative estimate of drug-likeness (QED) is 0.848. The number of halogens is 2. The average Bonchev–Trinajstić information content (AvgIpc) is 2.40. The van der Waals surface area contributed by atoms with Crippen LogP contribution in [0.15, 0.2) is 30.3 Å². The molecule has 2 aromatic carbocycles. The zero-order valence-corrected chi connectivity index (χ0v) is 12.1. The molecule has 0 aliphatic carbocycles. The molecule has 2 rings (SSSR count). The minimum absolute atomic E-state index is 0.0160. The van der Waals surface area contributed by atoms with Crippen LogP contribution in [0.2, 0.25) is 0 Å². The Morgan fingerprint density at radius 3 is 2.43 bits per heavy atom. The number of ether oxygens (including phenoxy) is 2. The molecule has 0 amide bonds. The Hall–Kier alpha value is -2.30. The van der Waals surface area contributed by atoms with Gasteiger partial charge in [0.05, 0.1) is 11.8 Å². The first-order valence-corrected chi connectivity index (χ1v) is 6.57. The van der Waals surface area contributed by atoms with Gasteiger partial charge in [-0.2, -0.15) is 0 Å². The van der Waals surface area contributed by atoms with Crippen LogP contribution < -0.4 is 15.2 Å². The highest BCUT2D eigenvalue weighted by Gasteiger charge is 2.14. The lowest BCUT2D eigenvalue weighted by Crippen LogP contribution is -2.07. The Morgan fingerprint density at radius 1 is 1.05 bits per heavy atom. The van der Waals surface area contributed by atoms with Crippen molar-refractivity contribution in [3.8, 4) is 17.2 Å². The van der Waals surface area contributed by atoms with E-state index in [1.807, 2.05) is 0 Å². The van der Waals surface area contributed by atoms with Crippen LogP contribution in [0.25, 0.3) is 0 Å². The van der Waals surface area contributed by atoms with Crippen LogP contribution in [-0.4, -0.2) is 6.10 Å². The summed E-state index contributed by atoms with van der Waals surface area (Å²) in [6, 6.07) is 7.20. The zero-order chi connectivity index (χ0) is 15.6. The molecule has 0 aliphatic rings. The van der Waals surface area contributed by atoms with Gasteiger partial charge < -0.3 is 15.2 Å². The Labute approximate surface area is 122 Å². The van der Waals surface area contributed by atoms with Crippen LogP contribution >= 0.6 is 0 Å². The lowest BCUT2D eigenvalue weighted by molar-refractivity contribution is 0.230. The molecule has 0 spiro atoms. The molecule has 21 heavy (non-hydrogen) atoms. The average molecular weight is 293 g/mol. The van der Waals surface area contributed by atoms with E-state index < -0.39 is 11.6 Å². The number of anilines is 1. The third kappa shape index (κ3) is 3.42. The minimum Gasteiger partial charge on any atom is -0.488 e. The maximum absolute atomic E-state index is 13.9. The first-order chi connectivity index (χ1) is 9.88. The molecule has 0 fully saturated rings. The molecule has 0 aliphatic heterocycles. The summed E-state index contributed by atoms with van der Waals surface area (Å²) in [5.74, 6) is -0.867. The number of nitrogens with two attached hydrogens (primary N) is 1. The Morgan fingerprint density at radius 2 is 1.76 bits per heavy atom. The van der Waals surface area contributed by atoms with Crippen LogP contribution in [0.5, 0.6) is 17.2 Å². The summed E-state index contributed by atoms with van der Waals surface area (Å²) in [5.41, 5.74) is 6.24. The van der Waals surface area contributed by atoms with Crippen molar-refractivity contribution in [3.05, 3.63) is 47.5 Å². The van der Waals surface area contributed by atoms with E-state index in [0.717, 1.165) is 6.07 Å². The second-order valence-corrected chi connectivity index (χ2v) is 4.98. The van der Waals surface area contributed by atoms with Crippen molar-refractivity contribution >= 4 is 5.69 Å². The molecule has 0 radical (unpaired) electrons. The Balaban J connectivity index is 2.37. The summed E-state index contributed by atoms with van der Waals surface area (Å²) in [6.07, 6.45) is -0.202. The van der Waals surface area contributed by atoms with E-state index in [2.05, 4.69) is 0 Å². The van der Waals surface area contributed by atoms with Crippen LogP contribution in [0.4, 0.5) is 14.5 Å². The van der Waals surface area contributed by atoms with Gasteiger partial charge in [0.2, 0.25) is 0 Å². The zero-order valence-electron chi connectivity index (χ0n) is 12.1. The summed E-state index contributed by atoms with van der Waals surface area (Å²) in [7, 11) is 0. The lowest BCUT2D eigenvalue weighted by Gasteiger charge is -2.15. The second kappa shape index (κ2) is 5.99. The van der Waals surface area contributed by atoms with Gasteiger partial charge in [0.15, 0.2) is 28.9 Å². The maximum atomic E-state index is 13.9. The monoisotopic (exact) mass is 293 g/mol. The Kier molecular flexibility index (Phi) is 4.31. The molecule has 112 valence electrons. The third-order valence-electron chi connectivity index (χ3n) is 2.80. The van der Waals surface area contributed by atoms with Crippen molar-refractivity contribution in [2.24, 2.45) is 0 Å². The molecule has 0 heterocycles. The highest BCUT2D eigenvalue weighted by atomic mass is 19.1. The largest absolute Gasteiger partial charge is 0.488 e. The van der Waals surface area contributed by atoms with Crippen LogP contribution in [0.3, 0.4) is 0 Å². The first kappa shape index (κ1) is 15.1. The van der Waals surface area contributed by atoms with Gasteiger partial charge in [0, 0.05) is 12.1 Å². The van der Waals surface area contributed by atoms with Crippen molar-refractivity contribution in [3.63, 3.8) is 0 Å². The number of hydrogen-bond donors (Lipinski definition) is 1. The smallest absolute Gasteiger partial charge is 0.168 e. The van der Waals surface area contributed by atoms with Crippen molar-refractivity contribution in [2.75, 3.05) is 5.73 Å². The van der Waals surface area contributed by atoms with E-state index in [1.165, 1.54) is 12.1 Å².